The first-order valence-corrected chi connectivity index (χ1v) is 9.46. The lowest BCUT2D eigenvalue weighted by atomic mass is 9.88. The minimum atomic E-state index is -0.702. The van der Waals surface area contributed by atoms with E-state index >= 15 is 0 Å². The summed E-state index contributed by atoms with van der Waals surface area (Å²) in [5.74, 6) is 0.00727. The molecule has 1 unspecified atom stereocenters. The van der Waals surface area contributed by atoms with Crippen molar-refractivity contribution in [2.75, 3.05) is 13.2 Å². The Balaban J connectivity index is 2.21. The van der Waals surface area contributed by atoms with Crippen LogP contribution in [0.1, 0.15) is 59.6 Å². The molecular formula is C21H31NO4. The molecule has 1 atom stereocenters. The van der Waals surface area contributed by atoms with E-state index in [0.29, 0.717) is 19.4 Å². The van der Waals surface area contributed by atoms with Crippen molar-refractivity contribution in [3.05, 3.63) is 33.4 Å². The zero-order valence-corrected chi connectivity index (χ0v) is 16.9. The fourth-order valence-corrected chi connectivity index (χ4v) is 3.67. The number of piperidine rings is 1. The third-order valence-electron chi connectivity index (χ3n) is 5.75. The van der Waals surface area contributed by atoms with E-state index in [1.54, 1.807) is 11.8 Å². The van der Waals surface area contributed by atoms with Crippen LogP contribution < -0.4 is 0 Å². The van der Waals surface area contributed by atoms with Gasteiger partial charge in [0.2, 0.25) is 5.91 Å². The number of ether oxygens (including phenoxy) is 2. The quantitative estimate of drug-likeness (QED) is 0.751. The molecule has 0 aliphatic carbocycles. The molecule has 26 heavy (non-hydrogen) atoms. The molecule has 1 fully saturated rings. The van der Waals surface area contributed by atoms with Crippen molar-refractivity contribution in [1.82, 2.24) is 4.90 Å². The van der Waals surface area contributed by atoms with E-state index in [1.165, 1.54) is 27.8 Å². The second-order valence-electron chi connectivity index (χ2n) is 7.12. The Morgan fingerprint density at radius 3 is 2.12 bits per heavy atom. The third kappa shape index (κ3) is 4.19. The number of hydrogen-bond donors (Lipinski definition) is 0. The Bertz CT molecular complexity index is 667. The monoisotopic (exact) mass is 361 g/mol. The molecule has 0 N–H and O–H groups in total. The fourth-order valence-electron chi connectivity index (χ4n) is 3.67. The number of carbonyl (C=O) groups excluding carboxylic acids is 2. The SMILES string of the molecule is CCOC(=O)OC1CCCCN1C(=O)Cc1c(C)c(C)c(C)c(C)c1C. The molecule has 0 saturated carbocycles. The van der Waals surface area contributed by atoms with Gasteiger partial charge >= 0.3 is 6.16 Å². The molecular weight excluding hydrogens is 330 g/mol. The predicted molar refractivity (Wildman–Crippen MR) is 101 cm³/mol. The van der Waals surface area contributed by atoms with Crippen molar-refractivity contribution in [2.24, 2.45) is 0 Å². The Hall–Kier alpha value is -2.04. The molecule has 5 nitrogen and oxygen atoms in total. The molecule has 0 bridgehead atoms. The van der Waals surface area contributed by atoms with Gasteiger partial charge < -0.3 is 14.4 Å². The maximum absolute atomic E-state index is 13.0. The van der Waals surface area contributed by atoms with Gasteiger partial charge in [0, 0.05) is 13.0 Å². The van der Waals surface area contributed by atoms with Gasteiger partial charge in [0.25, 0.3) is 0 Å². The molecule has 2 rings (SSSR count). The van der Waals surface area contributed by atoms with Crippen LogP contribution in [-0.4, -0.2) is 36.3 Å². The molecule has 5 heteroatoms. The Morgan fingerprint density at radius 1 is 0.962 bits per heavy atom. The minimum Gasteiger partial charge on any atom is -0.435 e. The average molecular weight is 361 g/mol. The van der Waals surface area contributed by atoms with E-state index in [-0.39, 0.29) is 12.5 Å². The second kappa shape index (κ2) is 8.56. The standard InChI is InChI=1S/C21H31NO4/c1-7-25-21(24)26-20-10-8-9-11-22(20)19(23)12-18-16(5)14(3)13(2)15(4)17(18)6/h20H,7-12H2,1-6H3. The maximum Gasteiger partial charge on any atom is 0.510 e. The van der Waals surface area contributed by atoms with Gasteiger partial charge in [-0.2, -0.15) is 0 Å². The first-order chi connectivity index (χ1) is 12.3. The van der Waals surface area contributed by atoms with Gasteiger partial charge in [-0.1, -0.05) is 0 Å². The second-order valence-corrected chi connectivity index (χ2v) is 7.12. The van der Waals surface area contributed by atoms with Crippen molar-refractivity contribution in [2.45, 2.75) is 73.5 Å². The van der Waals surface area contributed by atoms with Gasteiger partial charge in [0.1, 0.15) is 0 Å². The molecule has 0 spiro atoms. The largest absolute Gasteiger partial charge is 0.510 e. The van der Waals surface area contributed by atoms with Crippen LogP contribution in [-0.2, 0) is 20.7 Å². The summed E-state index contributed by atoms with van der Waals surface area (Å²) >= 11 is 0. The van der Waals surface area contributed by atoms with Crippen LogP contribution in [0.25, 0.3) is 0 Å². The van der Waals surface area contributed by atoms with Crippen LogP contribution in [0.5, 0.6) is 0 Å². The van der Waals surface area contributed by atoms with Crippen LogP contribution in [0.4, 0.5) is 4.79 Å². The highest BCUT2D eigenvalue weighted by Crippen LogP contribution is 2.28. The number of rotatable bonds is 4. The van der Waals surface area contributed by atoms with Gasteiger partial charge in [-0.15, -0.1) is 0 Å². The van der Waals surface area contributed by atoms with Gasteiger partial charge in [0.05, 0.1) is 13.0 Å². The van der Waals surface area contributed by atoms with Gasteiger partial charge in [-0.3, -0.25) is 4.79 Å². The summed E-state index contributed by atoms with van der Waals surface area (Å²) in [4.78, 5) is 26.4. The van der Waals surface area contributed by atoms with Gasteiger partial charge in [-0.25, -0.2) is 4.79 Å². The van der Waals surface area contributed by atoms with Crippen molar-refractivity contribution in [3.8, 4) is 0 Å². The highest BCUT2D eigenvalue weighted by atomic mass is 16.7. The molecule has 1 heterocycles. The third-order valence-corrected chi connectivity index (χ3v) is 5.75. The number of carbonyl (C=O) groups is 2. The molecule has 1 saturated heterocycles. The number of amides is 1. The van der Waals surface area contributed by atoms with Crippen molar-refractivity contribution < 1.29 is 19.1 Å². The van der Waals surface area contributed by atoms with Crippen LogP contribution in [0.3, 0.4) is 0 Å². The summed E-state index contributed by atoms with van der Waals surface area (Å²) < 4.78 is 10.2. The Kier molecular flexibility index (Phi) is 6.68. The maximum atomic E-state index is 13.0. The lowest BCUT2D eigenvalue weighted by molar-refractivity contribution is -0.145. The Labute approximate surface area is 156 Å². The van der Waals surface area contributed by atoms with E-state index < -0.39 is 12.4 Å². The van der Waals surface area contributed by atoms with E-state index in [1.807, 2.05) is 0 Å². The topological polar surface area (TPSA) is 55.8 Å². The Morgan fingerprint density at radius 2 is 1.54 bits per heavy atom. The number of likely N-dealkylation sites (tertiary alicyclic amines) is 1. The van der Waals surface area contributed by atoms with Gasteiger partial charge in [-0.05, 0) is 87.8 Å². The molecule has 1 aliphatic rings. The average Bonchev–Trinajstić information content (AvgIpc) is 2.62. The summed E-state index contributed by atoms with van der Waals surface area (Å²) in [7, 11) is 0. The highest BCUT2D eigenvalue weighted by molar-refractivity contribution is 5.80. The van der Waals surface area contributed by atoms with E-state index in [9.17, 15) is 9.59 Å². The number of nitrogens with zero attached hydrogens (tertiary/aromatic N) is 1. The van der Waals surface area contributed by atoms with E-state index in [0.717, 1.165) is 18.4 Å². The first-order valence-electron chi connectivity index (χ1n) is 9.46. The molecule has 144 valence electrons. The summed E-state index contributed by atoms with van der Waals surface area (Å²) in [5, 5.41) is 0. The molecule has 1 amide bonds. The summed E-state index contributed by atoms with van der Waals surface area (Å²) in [6.07, 6.45) is 1.64. The van der Waals surface area contributed by atoms with Crippen LogP contribution >= 0.6 is 0 Å². The van der Waals surface area contributed by atoms with Crippen molar-refractivity contribution >= 4 is 12.1 Å². The summed E-state index contributed by atoms with van der Waals surface area (Å²) in [5.41, 5.74) is 7.23. The number of benzene rings is 1. The van der Waals surface area contributed by atoms with Crippen molar-refractivity contribution in [1.29, 1.82) is 0 Å². The zero-order valence-electron chi connectivity index (χ0n) is 16.9. The summed E-state index contributed by atoms with van der Waals surface area (Å²) in [6.45, 7) is 13.1. The van der Waals surface area contributed by atoms with Crippen LogP contribution in [0.15, 0.2) is 0 Å². The minimum absolute atomic E-state index is 0.00727. The smallest absolute Gasteiger partial charge is 0.435 e. The zero-order chi connectivity index (χ0) is 19.4. The molecule has 1 aromatic rings. The molecule has 0 aromatic heterocycles. The normalized spacial score (nSPS) is 17.2. The predicted octanol–water partition coefficient (Wildman–Crippen LogP) is 4.28. The lowest BCUT2D eigenvalue weighted by Gasteiger charge is -2.35. The number of hydrogen-bond acceptors (Lipinski definition) is 4. The first kappa shape index (κ1) is 20.3. The van der Waals surface area contributed by atoms with Crippen LogP contribution in [0.2, 0.25) is 0 Å². The van der Waals surface area contributed by atoms with Crippen molar-refractivity contribution in [3.63, 3.8) is 0 Å². The van der Waals surface area contributed by atoms with Gasteiger partial charge in [0.15, 0.2) is 6.23 Å². The van der Waals surface area contributed by atoms with E-state index in [2.05, 4.69) is 34.6 Å². The van der Waals surface area contributed by atoms with Crippen LogP contribution in [0, 0.1) is 34.6 Å². The molecule has 0 radical (unpaired) electrons. The fraction of sp³-hybridized carbons (Fsp3) is 0.619. The van der Waals surface area contributed by atoms with E-state index in [4.69, 9.17) is 9.47 Å². The highest BCUT2D eigenvalue weighted by Gasteiger charge is 2.30. The lowest BCUT2D eigenvalue weighted by Crippen LogP contribution is -2.47. The summed E-state index contributed by atoms with van der Waals surface area (Å²) in [6, 6.07) is 0. The molecule has 1 aliphatic heterocycles. The molecule has 1 aromatic carbocycles.